The summed E-state index contributed by atoms with van der Waals surface area (Å²) < 4.78 is 11.9. The second-order valence-corrected chi connectivity index (χ2v) is 6.81. The molecule has 0 bridgehead atoms. The molecule has 0 rings (SSSR count). The highest BCUT2D eigenvalue weighted by Crippen LogP contribution is 2.40. The summed E-state index contributed by atoms with van der Waals surface area (Å²) in [6, 6.07) is 0. The third-order valence-electron chi connectivity index (χ3n) is 3.21. The Kier molecular flexibility index (Phi) is 14.7. The van der Waals surface area contributed by atoms with Crippen LogP contribution in [0.3, 0.4) is 0 Å². The van der Waals surface area contributed by atoms with Gasteiger partial charge in [-0.15, -0.1) is 0 Å². The van der Waals surface area contributed by atoms with E-state index < -0.39 is 8.38 Å². The molecule has 0 aliphatic carbocycles. The monoisotopic (exact) mass is 324 g/mol. The van der Waals surface area contributed by atoms with Crippen molar-refractivity contribution in [3.05, 3.63) is 49.1 Å². The first-order valence-corrected chi connectivity index (χ1v) is 9.69. The van der Waals surface area contributed by atoms with Crippen molar-refractivity contribution >= 4 is 8.38 Å². The fraction of sp³-hybridized carbons (Fsp3) is 0.579. The van der Waals surface area contributed by atoms with E-state index in [2.05, 4.69) is 39.7 Å². The molecule has 0 aromatic rings. The SMILES string of the molecule is C=CC(=C)CCP(OCCCC)OCCC/C(C=C)=C\CC. The predicted molar refractivity (Wildman–Crippen MR) is 100 cm³/mol. The lowest BCUT2D eigenvalue weighted by Crippen LogP contribution is -2.00. The number of hydrogen-bond acceptors (Lipinski definition) is 2. The van der Waals surface area contributed by atoms with E-state index in [9.17, 15) is 0 Å². The van der Waals surface area contributed by atoms with Gasteiger partial charge in [-0.1, -0.05) is 69.4 Å². The highest BCUT2D eigenvalue weighted by molar-refractivity contribution is 7.47. The van der Waals surface area contributed by atoms with Gasteiger partial charge in [0.15, 0.2) is 8.38 Å². The number of rotatable bonds is 15. The Labute approximate surface area is 138 Å². The normalized spacial score (nSPS) is 12.9. The summed E-state index contributed by atoms with van der Waals surface area (Å²) in [6.45, 7) is 17.4. The van der Waals surface area contributed by atoms with E-state index in [1.54, 1.807) is 0 Å². The Balaban J connectivity index is 4.09. The highest BCUT2D eigenvalue weighted by atomic mass is 31.2. The summed E-state index contributed by atoms with van der Waals surface area (Å²) in [4.78, 5) is 0. The summed E-state index contributed by atoms with van der Waals surface area (Å²) in [7, 11) is -0.807. The third-order valence-corrected chi connectivity index (χ3v) is 4.74. The molecule has 0 aromatic carbocycles. The minimum atomic E-state index is -0.807. The van der Waals surface area contributed by atoms with Crippen LogP contribution >= 0.6 is 8.38 Å². The standard InChI is InChI=1S/C19H33O2P/c1-6-10-15-20-22(17-14-18(5)8-3)21-16-11-13-19(9-4)12-7-2/h8-9,12H,3-7,10-11,13-17H2,1-2H3/b19-12-. The van der Waals surface area contributed by atoms with E-state index in [0.29, 0.717) is 0 Å². The first kappa shape index (κ1) is 21.3. The van der Waals surface area contributed by atoms with Crippen LogP contribution in [-0.2, 0) is 9.05 Å². The molecule has 0 radical (unpaired) electrons. The molecule has 0 N–H and O–H groups in total. The number of unbranched alkanes of at least 4 members (excludes halogenated alkanes) is 1. The van der Waals surface area contributed by atoms with Gasteiger partial charge in [0, 0.05) is 6.16 Å². The molecule has 0 fully saturated rings. The van der Waals surface area contributed by atoms with Crippen molar-refractivity contribution in [2.24, 2.45) is 0 Å². The maximum absolute atomic E-state index is 5.96. The van der Waals surface area contributed by atoms with Gasteiger partial charge in [-0.25, -0.2) is 0 Å². The zero-order valence-corrected chi connectivity index (χ0v) is 15.4. The van der Waals surface area contributed by atoms with Crippen LogP contribution in [-0.4, -0.2) is 19.4 Å². The van der Waals surface area contributed by atoms with E-state index in [-0.39, 0.29) is 0 Å². The molecule has 0 saturated carbocycles. The predicted octanol–water partition coefficient (Wildman–Crippen LogP) is 6.57. The van der Waals surface area contributed by atoms with Crippen LogP contribution in [0.25, 0.3) is 0 Å². The van der Waals surface area contributed by atoms with Gasteiger partial charge >= 0.3 is 0 Å². The van der Waals surface area contributed by atoms with Crippen LogP contribution in [0.5, 0.6) is 0 Å². The van der Waals surface area contributed by atoms with Crippen LogP contribution < -0.4 is 0 Å². The van der Waals surface area contributed by atoms with Crippen LogP contribution in [0.15, 0.2) is 49.1 Å². The summed E-state index contributed by atoms with van der Waals surface area (Å²) in [5.41, 5.74) is 2.36. The summed E-state index contributed by atoms with van der Waals surface area (Å²) in [5.74, 6) is 0. The fourth-order valence-electron chi connectivity index (χ4n) is 1.81. The molecule has 1 unspecified atom stereocenters. The number of allylic oxidation sites excluding steroid dienone is 5. The quantitative estimate of drug-likeness (QED) is 0.193. The molecule has 2 nitrogen and oxygen atoms in total. The Morgan fingerprint density at radius 3 is 2.23 bits per heavy atom. The van der Waals surface area contributed by atoms with E-state index in [1.807, 2.05) is 12.2 Å². The van der Waals surface area contributed by atoms with Crippen LogP contribution in [0.1, 0.15) is 52.4 Å². The molecule has 0 amide bonds. The van der Waals surface area contributed by atoms with Crippen molar-refractivity contribution in [3.8, 4) is 0 Å². The zero-order chi connectivity index (χ0) is 16.6. The largest absolute Gasteiger partial charge is 0.334 e. The lowest BCUT2D eigenvalue weighted by molar-refractivity contribution is 0.244. The second-order valence-electron chi connectivity index (χ2n) is 5.18. The smallest absolute Gasteiger partial charge is 0.170 e. The Morgan fingerprint density at radius 2 is 1.68 bits per heavy atom. The molecular weight excluding hydrogens is 291 g/mol. The van der Waals surface area contributed by atoms with Gasteiger partial charge in [-0.05, 0) is 32.1 Å². The molecule has 0 spiro atoms. The molecule has 126 valence electrons. The van der Waals surface area contributed by atoms with Crippen molar-refractivity contribution in [2.45, 2.75) is 52.4 Å². The van der Waals surface area contributed by atoms with Crippen LogP contribution in [0, 0.1) is 0 Å². The first-order valence-electron chi connectivity index (χ1n) is 8.32. The molecular formula is C19H33O2P. The lowest BCUT2D eigenvalue weighted by atomic mass is 10.1. The summed E-state index contributed by atoms with van der Waals surface area (Å²) >= 11 is 0. The molecule has 0 aliphatic heterocycles. The summed E-state index contributed by atoms with van der Waals surface area (Å²) in [5, 5.41) is 0. The maximum Gasteiger partial charge on any atom is 0.170 e. The van der Waals surface area contributed by atoms with E-state index in [4.69, 9.17) is 9.05 Å². The average Bonchev–Trinajstić information content (AvgIpc) is 2.54. The minimum absolute atomic E-state index is 0.743. The van der Waals surface area contributed by atoms with Gasteiger partial charge in [0.25, 0.3) is 0 Å². The second kappa shape index (κ2) is 15.2. The Morgan fingerprint density at radius 1 is 1.00 bits per heavy atom. The Bertz CT molecular complexity index is 347. The van der Waals surface area contributed by atoms with Gasteiger partial charge in [-0.2, -0.15) is 0 Å². The molecule has 22 heavy (non-hydrogen) atoms. The van der Waals surface area contributed by atoms with Crippen molar-refractivity contribution in [1.82, 2.24) is 0 Å². The molecule has 0 aliphatic rings. The maximum atomic E-state index is 5.96. The molecule has 0 aromatic heterocycles. The van der Waals surface area contributed by atoms with Gasteiger partial charge in [-0.3, -0.25) is 0 Å². The van der Waals surface area contributed by atoms with Gasteiger partial charge < -0.3 is 9.05 Å². The summed E-state index contributed by atoms with van der Waals surface area (Å²) in [6.07, 6.45) is 13.1. The van der Waals surface area contributed by atoms with Gasteiger partial charge in [0.05, 0.1) is 13.2 Å². The molecule has 0 saturated heterocycles. The van der Waals surface area contributed by atoms with Gasteiger partial charge in [0.1, 0.15) is 0 Å². The average molecular weight is 324 g/mol. The highest BCUT2D eigenvalue weighted by Gasteiger charge is 2.10. The Hall–Kier alpha value is -0.690. The fourth-order valence-corrected chi connectivity index (χ4v) is 3.27. The van der Waals surface area contributed by atoms with Crippen molar-refractivity contribution < 1.29 is 9.05 Å². The minimum Gasteiger partial charge on any atom is -0.334 e. The molecule has 3 heteroatoms. The van der Waals surface area contributed by atoms with Crippen molar-refractivity contribution in [3.63, 3.8) is 0 Å². The topological polar surface area (TPSA) is 18.5 Å². The zero-order valence-electron chi connectivity index (χ0n) is 14.5. The van der Waals surface area contributed by atoms with Gasteiger partial charge in [0.2, 0.25) is 0 Å². The van der Waals surface area contributed by atoms with Crippen molar-refractivity contribution in [1.29, 1.82) is 0 Å². The molecule has 0 heterocycles. The van der Waals surface area contributed by atoms with Crippen LogP contribution in [0.2, 0.25) is 0 Å². The lowest BCUT2D eigenvalue weighted by Gasteiger charge is -2.17. The van der Waals surface area contributed by atoms with E-state index in [1.165, 1.54) is 5.57 Å². The third kappa shape index (κ3) is 11.9. The molecule has 1 atom stereocenters. The first-order chi connectivity index (χ1) is 10.7. The van der Waals surface area contributed by atoms with E-state index >= 15 is 0 Å². The number of hydrogen-bond donors (Lipinski definition) is 0. The van der Waals surface area contributed by atoms with E-state index in [0.717, 1.165) is 63.5 Å². The van der Waals surface area contributed by atoms with Crippen LogP contribution in [0.4, 0.5) is 0 Å². The van der Waals surface area contributed by atoms with Crippen molar-refractivity contribution in [2.75, 3.05) is 19.4 Å².